The van der Waals surface area contributed by atoms with Crippen LogP contribution in [0.5, 0.6) is 5.75 Å². The van der Waals surface area contributed by atoms with Gasteiger partial charge in [0.1, 0.15) is 11.4 Å². The Labute approximate surface area is 294 Å². The molecule has 11 heteroatoms. The van der Waals surface area contributed by atoms with Crippen molar-refractivity contribution >= 4 is 62.6 Å². The van der Waals surface area contributed by atoms with Crippen LogP contribution in [0.1, 0.15) is 68.3 Å². The lowest BCUT2D eigenvalue weighted by molar-refractivity contribution is 0.0696. The molecule has 252 valence electrons. The topological polar surface area (TPSA) is 105 Å². The molecule has 1 atom stereocenters. The number of fused-ring (bicyclic) bond motifs is 4. The second-order valence-corrected chi connectivity index (χ2v) is 13.9. The maximum absolute atomic E-state index is 14.9. The molecule has 9 nitrogen and oxygen atoms in total. The third-order valence-electron chi connectivity index (χ3n) is 9.69. The number of anilines is 1. The first-order valence-corrected chi connectivity index (χ1v) is 17.0. The molecule has 0 fully saturated rings. The van der Waals surface area contributed by atoms with Gasteiger partial charge in [-0.15, -0.1) is 0 Å². The van der Waals surface area contributed by atoms with Crippen molar-refractivity contribution in [1.82, 2.24) is 19.3 Å². The number of aromatic amines is 1. The fraction of sp³-hybridized carbons (Fsp3) is 0.289. The van der Waals surface area contributed by atoms with Gasteiger partial charge < -0.3 is 23.9 Å². The first kappa shape index (κ1) is 32.8. The van der Waals surface area contributed by atoms with Crippen LogP contribution >= 0.6 is 23.2 Å². The van der Waals surface area contributed by atoms with Crippen LogP contribution in [-0.2, 0) is 13.5 Å². The number of aromatic nitrogens is 4. The minimum absolute atomic E-state index is 0.113. The van der Waals surface area contributed by atoms with E-state index in [0.29, 0.717) is 36.7 Å². The number of hydrogen-bond acceptors (Lipinski definition) is 4. The van der Waals surface area contributed by atoms with Crippen molar-refractivity contribution in [2.75, 3.05) is 18.1 Å². The number of benzene rings is 3. The molecule has 0 aliphatic carbocycles. The lowest BCUT2D eigenvalue weighted by Gasteiger charge is -2.34. The van der Waals surface area contributed by atoms with Crippen molar-refractivity contribution in [2.24, 2.45) is 7.05 Å². The van der Waals surface area contributed by atoms with Gasteiger partial charge in [0.05, 0.1) is 39.6 Å². The normalized spacial score (nSPS) is 14.7. The van der Waals surface area contributed by atoms with Gasteiger partial charge in [0, 0.05) is 58.4 Å². The van der Waals surface area contributed by atoms with Crippen LogP contribution in [0.4, 0.5) is 5.69 Å². The highest BCUT2D eigenvalue weighted by Gasteiger charge is 2.37. The van der Waals surface area contributed by atoms with Crippen molar-refractivity contribution < 1.29 is 19.4 Å². The number of nitrogens with zero attached hydrogens (tertiary/aromatic N) is 4. The molecule has 0 bridgehead atoms. The van der Waals surface area contributed by atoms with E-state index < -0.39 is 5.97 Å². The van der Waals surface area contributed by atoms with Crippen molar-refractivity contribution in [3.05, 3.63) is 98.0 Å². The molecule has 3 aromatic heterocycles. The van der Waals surface area contributed by atoms with Crippen molar-refractivity contribution in [3.63, 3.8) is 0 Å². The summed E-state index contributed by atoms with van der Waals surface area (Å²) in [5, 5.41) is 20.3. The highest BCUT2D eigenvalue weighted by molar-refractivity contribution is 6.35. The largest absolute Gasteiger partial charge is 0.494 e. The third kappa shape index (κ3) is 5.36. The van der Waals surface area contributed by atoms with Crippen molar-refractivity contribution in [1.29, 1.82) is 0 Å². The Balaban J connectivity index is 1.35. The van der Waals surface area contributed by atoms with Gasteiger partial charge in [0.25, 0.3) is 5.91 Å². The summed E-state index contributed by atoms with van der Waals surface area (Å²) in [5.74, 6) is -0.350. The van der Waals surface area contributed by atoms with E-state index in [-0.39, 0.29) is 17.5 Å². The molecule has 1 aliphatic heterocycles. The van der Waals surface area contributed by atoms with Crippen LogP contribution < -0.4 is 9.64 Å². The quantitative estimate of drug-likeness (QED) is 0.155. The van der Waals surface area contributed by atoms with E-state index >= 15 is 0 Å². The molecular formula is C38H37Cl2N5O4. The van der Waals surface area contributed by atoms with Crippen LogP contribution in [0.25, 0.3) is 32.9 Å². The van der Waals surface area contributed by atoms with Gasteiger partial charge in [-0.1, -0.05) is 29.3 Å². The minimum Gasteiger partial charge on any atom is -0.494 e. The molecule has 1 amide bonds. The molecule has 6 aromatic rings. The number of carboxylic acids is 1. The molecule has 4 heterocycles. The Morgan fingerprint density at radius 1 is 1.04 bits per heavy atom. The Hall–Kier alpha value is -4.73. The molecule has 0 radical (unpaired) electrons. The van der Waals surface area contributed by atoms with E-state index in [4.69, 9.17) is 27.9 Å². The summed E-state index contributed by atoms with van der Waals surface area (Å²) in [6.07, 6.45) is 3.17. The number of aryl methyl sites for hydroxylation is 6. The summed E-state index contributed by atoms with van der Waals surface area (Å²) in [4.78, 5) is 28.4. The number of ether oxygens (including phenoxy) is 1. The lowest BCUT2D eigenvalue weighted by Crippen LogP contribution is -2.42. The number of hydrogen-bond donors (Lipinski definition) is 2. The Morgan fingerprint density at radius 2 is 1.76 bits per heavy atom. The average Bonchev–Trinajstić information content (AvgIpc) is 3.70. The van der Waals surface area contributed by atoms with E-state index in [0.717, 1.165) is 77.5 Å². The van der Waals surface area contributed by atoms with Gasteiger partial charge in [0.2, 0.25) is 0 Å². The lowest BCUT2D eigenvalue weighted by atomic mass is 9.98. The SMILES string of the molecule is Cc1cc(OCCCc2c3n(c4c(-c5c(C)n[nH]c5C)c(Cl)ccc24)[C@H](C)CN(c2cn(C)c4cc(C(=O)O)ccc24)C3=O)cc(C)c1Cl. The van der Waals surface area contributed by atoms with Crippen LogP contribution in [0.3, 0.4) is 0 Å². The fourth-order valence-electron chi connectivity index (χ4n) is 7.43. The number of amides is 1. The molecule has 0 saturated carbocycles. The number of nitrogens with one attached hydrogen (secondary N) is 1. The molecule has 1 aliphatic rings. The standard InChI is InChI=1S/C38H37Cl2N5O4/c1-19-14-25(15-20(2)34(19)40)49-13-7-8-26-27-11-12-29(39)33(32-22(4)41-42-23(32)5)35(27)45-21(3)17-44(37(46)36(26)45)31-18-43(6)30-16-24(38(47)48)9-10-28(30)31/h9-12,14-16,18,21H,7-8,13,17H2,1-6H3,(H,41,42)(H,47,48)/t21-/m1/s1. The highest BCUT2D eigenvalue weighted by atomic mass is 35.5. The summed E-state index contributed by atoms with van der Waals surface area (Å²) < 4.78 is 10.2. The Morgan fingerprint density at radius 3 is 2.43 bits per heavy atom. The highest BCUT2D eigenvalue weighted by Crippen LogP contribution is 2.45. The van der Waals surface area contributed by atoms with Gasteiger partial charge >= 0.3 is 5.97 Å². The predicted molar refractivity (Wildman–Crippen MR) is 195 cm³/mol. The smallest absolute Gasteiger partial charge is 0.335 e. The number of H-pyrrole nitrogens is 1. The minimum atomic E-state index is -0.996. The first-order valence-electron chi connectivity index (χ1n) is 16.3. The van der Waals surface area contributed by atoms with E-state index in [2.05, 4.69) is 21.7 Å². The van der Waals surface area contributed by atoms with Crippen LogP contribution in [0.2, 0.25) is 10.0 Å². The van der Waals surface area contributed by atoms with Crippen LogP contribution in [-0.4, -0.2) is 49.5 Å². The number of carboxylic acid groups (broad SMARTS) is 1. The van der Waals surface area contributed by atoms with Crippen LogP contribution in [0.15, 0.2) is 48.7 Å². The molecule has 0 spiro atoms. The number of carbonyl (C=O) groups excluding carboxylic acids is 1. The third-order valence-corrected chi connectivity index (χ3v) is 10.6. The summed E-state index contributed by atoms with van der Waals surface area (Å²) in [5.41, 5.74) is 9.61. The van der Waals surface area contributed by atoms with Gasteiger partial charge in [0.15, 0.2) is 0 Å². The molecule has 0 saturated heterocycles. The predicted octanol–water partition coefficient (Wildman–Crippen LogP) is 8.99. The number of rotatable bonds is 8. The number of carbonyl (C=O) groups is 2. The van der Waals surface area contributed by atoms with E-state index in [1.54, 1.807) is 18.2 Å². The maximum atomic E-state index is 14.9. The number of halogens is 2. The van der Waals surface area contributed by atoms with Gasteiger partial charge in [-0.3, -0.25) is 9.89 Å². The van der Waals surface area contributed by atoms with Gasteiger partial charge in [-0.25, -0.2) is 4.79 Å². The Bertz CT molecular complexity index is 2290. The number of aromatic carboxylic acids is 1. The fourth-order valence-corrected chi connectivity index (χ4v) is 7.79. The first-order chi connectivity index (χ1) is 23.4. The van der Waals surface area contributed by atoms with Gasteiger partial charge in [-0.2, -0.15) is 5.10 Å². The molecule has 49 heavy (non-hydrogen) atoms. The second kappa shape index (κ2) is 12.3. The van der Waals surface area contributed by atoms with E-state index in [1.165, 1.54) is 0 Å². The molecule has 0 unspecified atom stereocenters. The molecule has 2 N–H and O–H groups in total. The van der Waals surface area contributed by atoms with Gasteiger partial charge in [-0.05, 0) is 101 Å². The maximum Gasteiger partial charge on any atom is 0.335 e. The summed E-state index contributed by atoms with van der Waals surface area (Å²) in [6.45, 7) is 10.9. The van der Waals surface area contributed by atoms with Crippen molar-refractivity contribution in [3.8, 4) is 16.9 Å². The second-order valence-electron chi connectivity index (χ2n) is 13.1. The summed E-state index contributed by atoms with van der Waals surface area (Å²) in [6, 6.07) is 12.7. The summed E-state index contributed by atoms with van der Waals surface area (Å²) >= 11 is 13.4. The van der Waals surface area contributed by atoms with Crippen molar-refractivity contribution in [2.45, 2.75) is 53.5 Å². The zero-order valence-corrected chi connectivity index (χ0v) is 29.8. The summed E-state index contributed by atoms with van der Waals surface area (Å²) in [7, 11) is 1.87. The average molecular weight is 699 g/mol. The monoisotopic (exact) mass is 697 g/mol. The van der Waals surface area contributed by atoms with E-state index in [1.807, 2.05) is 74.7 Å². The molecular weight excluding hydrogens is 661 g/mol. The zero-order valence-electron chi connectivity index (χ0n) is 28.2. The van der Waals surface area contributed by atoms with E-state index in [9.17, 15) is 14.7 Å². The van der Waals surface area contributed by atoms with Crippen LogP contribution in [0, 0.1) is 27.7 Å². The Kier molecular flexibility index (Phi) is 8.24. The molecule has 3 aromatic carbocycles. The molecule has 7 rings (SSSR count). The zero-order chi connectivity index (χ0) is 34.9.